The van der Waals surface area contributed by atoms with E-state index < -0.39 is 10.1 Å². The van der Waals surface area contributed by atoms with Gasteiger partial charge in [0.15, 0.2) is 5.82 Å². The Hall–Kier alpha value is -3.44. The van der Waals surface area contributed by atoms with Crippen LogP contribution in [0.4, 0.5) is 0 Å². The molecule has 4 aromatic rings. The predicted molar refractivity (Wildman–Crippen MR) is 103 cm³/mol. The summed E-state index contributed by atoms with van der Waals surface area (Å²) >= 11 is 0. The van der Waals surface area contributed by atoms with E-state index >= 15 is 0 Å². The van der Waals surface area contributed by atoms with E-state index in [1.54, 1.807) is 24.5 Å². The number of hydrogen-bond acceptors (Lipinski definition) is 8. The summed E-state index contributed by atoms with van der Waals surface area (Å²) < 4.78 is 38.1. The van der Waals surface area contributed by atoms with Crippen LogP contribution in [-0.4, -0.2) is 48.7 Å². The Kier molecular flexibility index (Phi) is 5.14. The average Bonchev–Trinajstić information content (AvgIpc) is 3.25. The molecule has 1 N–H and O–H groups in total. The molecule has 1 aromatic carbocycles. The summed E-state index contributed by atoms with van der Waals surface area (Å²) in [5, 5.41) is 14.0. The Labute approximate surface area is 166 Å². The normalized spacial score (nSPS) is 11.6. The van der Waals surface area contributed by atoms with Crippen LogP contribution >= 0.6 is 0 Å². The van der Waals surface area contributed by atoms with Gasteiger partial charge in [-0.25, -0.2) is 9.67 Å². The molecule has 0 saturated heterocycles. The molecule has 0 amide bonds. The molecule has 3 heterocycles. The van der Waals surface area contributed by atoms with Gasteiger partial charge in [0.2, 0.25) is 5.88 Å². The zero-order valence-corrected chi connectivity index (χ0v) is 15.9. The highest BCUT2D eigenvalue weighted by atomic mass is 32.2. The third-order valence-corrected chi connectivity index (χ3v) is 4.83. The zero-order valence-electron chi connectivity index (χ0n) is 15.1. The third kappa shape index (κ3) is 4.52. The van der Waals surface area contributed by atoms with Gasteiger partial charge in [-0.05, 0) is 18.2 Å². The van der Waals surface area contributed by atoms with Crippen molar-refractivity contribution in [1.29, 1.82) is 0 Å². The Morgan fingerprint density at radius 3 is 2.55 bits per heavy atom. The topological polar surface area (TPSA) is 133 Å². The van der Waals surface area contributed by atoms with Gasteiger partial charge in [0.05, 0.1) is 11.4 Å². The number of nitrogens with zero attached hydrogens (tertiary/aromatic N) is 6. The van der Waals surface area contributed by atoms with Crippen molar-refractivity contribution in [1.82, 2.24) is 29.9 Å². The quantitative estimate of drug-likeness (QED) is 0.449. The summed E-state index contributed by atoms with van der Waals surface area (Å²) in [4.78, 5) is 8.29. The summed E-state index contributed by atoms with van der Waals surface area (Å²) in [6.07, 6.45) is 3.07. The SMILES string of the molecule is O=S(=O)(O)CCc1cccc(COc2nnc(-n3cncn3)c3ccccc23)n1. The second-order valence-electron chi connectivity index (χ2n) is 6.16. The number of hydrogen-bond donors (Lipinski definition) is 1. The highest BCUT2D eigenvalue weighted by Gasteiger charge is 2.13. The molecule has 0 unspecified atom stereocenters. The average molecular weight is 412 g/mol. The maximum Gasteiger partial charge on any atom is 0.265 e. The highest BCUT2D eigenvalue weighted by molar-refractivity contribution is 7.85. The van der Waals surface area contributed by atoms with Crippen molar-refractivity contribution < 1.29 is 17.7 Å². The molecule has 0 aliphatic heterocycles. The highest BCUT2D eigenvalue weighted by Crippen LogP contribution is 2.26. The molecule has 0 atom stereocenters. The molecule has 4 rings (SSSR count). The van der Waals surface area contributed by atoms with Crippen LogP contribution in [-0.2, 0) is 23.1 Å². The van der Waals surface area contributed by atoms with Gasteiger partial charge in [-0.2, -0.15) is 13.5 Å². The van der Waals surface area contributed by atoms with Gasteiger partial charge in [-0.15, -0.1) is 10.2 Å². The first kappa shape index (κ1) is 18.9. The van der Waals surface area contributed by atoms with Gasteiger partial charge < -0.3 is 4.74 Å². The summed E-state index contributed by atoms with van der Waals surface area (Å²) in [5.74, 6) is 0.495. The first-order chi connectivity index (χ1) is 14.0. The van der Waals surface area contributed by atoms with E-state index in [0.29, 0.717) is 23.1 Å². The van der Waals surface area contributed by atoms with Gasteiger partial charge in [0.1, 0.15) is 19.3 Å². The van der Waals surface area contributed by atoms with Crippen LogP contribution in [0, 0.1) is 0 Å². The van der Waals surface area contributed by atoms with E-state index in [1.807, 2.05) is 24.3 Å². The molecule has 0 saturated carbocycles. The van der Waals surface area contributed by atoms with Gasteiger partial charge in [-0.1, -0.05) is 24.3 Å². The lowest BCUT2D eigenvalue weighted by Gasteiger charge is -2.10. The van der Waals surface area contributed by atoms with Crippen molar-refractivity contribution in [3.8, 4) is 11.7 Å². The predicted octanol–water partition coefficient (Wildman–Crippen LogP) is 1.61. The molecule has 0 aliphatic rings. The van der Waals surface area contributed by atoms with Gasteiger partial charge in [0.25, 0.3) is 10.1 Å². The van der Waals surface area contributed by atoms with E-state index in [4.69, 9.17) is 9.29 Å². The second-order valence-corrected chi connectivity index (χ2v) is 7.73. The number of aromatic nitrogens is 6. The van der Waals surface area contributed by atoms with Crippen LogP contribution < -0.4 is 4.74 Å². The first-order valence-corrected chi connectivity index (χ1v) is 10.2. The molecule has 148 valence electrons. The van der Waals surface area contributed by atoms with Crippen molar-refractivity contribution in [2.75, 3.05) is 5.75 Å². The van der Waals surface area contributed by atoms with Crippen LogP contribution in [0.25, 0.3) is 16.6 Å². The van der Waals surface area contributed by atoms with Crippen molar-refractivity contribution >= 4 is 20.9 Å². The summed E-state index contributed by atoms with van der Waals surface area (Å²) in [7, 11) is -4.04. The van der Waals surface area contributed by atoms with Crippen LogP contribution in [0.1, 0.15) is 11.4 Å². The van der Waals surface area contributed by atoms with Crippen LogP contribution in [0.15, 0.2) is 55.1 Å². The van der Waals surface area contributed by atoms with E-state index in [9.17, 15) is 8.42 Å². The molecular weight excluding hydrogens is 396 g/mol. The Balaban J connectivity index is 1.56. The number of pyridine rings is 1. The first-order valence-electron chi connectivity index (χ1n) is 8.63. The lowest BCUT2D eigenvalue weighted by molar-refractivity contribution is 0.289. The Morgan fingerprint density at radius 1 is 1.00 bits per heavy atom. The van der Waals surface area contributed by atoms with Gasteiger partial charge in [0, 0.05) is 22.9 Å². The molecule has 0 bridgehead atoms. The van der Waals surface area contributed by atoms with E-state index in [2.05, 4.69) is 25.3 Å². The summed E-state index contributed by atoms with van der Waals surface area (Å²) in [5.41, 5.74) is 1.14. The Bertz CT molecular complexity index is 1240. The molecule has 3 aromatic heterocycles. The number of benzene rings is 1. The number of fused-ring (bicyclic) bond motifs is 1. The minimum atomic E-state index is -4.04. The van der Waals surface area contributed by atoms with Crippen LogP contribution in [0.5, 0.6) is 5.88 Å². The summed E-state index contributed by atoms with van der Waals surface area (Å²) in [6, 6.07) is 12.7. The monoisotopic (exact) mass is 412 g/mol. The molecule has 29 heavy (non-hydrogen) atoms. The second kappa shape index (κ2) is 7.89. The van der Waals surface area contributed by atoms with Crippen molar-refractivity contribution in [2.45, 2.75) is 13.0 Å². The van der Waals surface area contributed by atoms with Crippen LogP contribution in [0.3, 0.4) is 0 Å². The lowest BCUT2D eigenvalue weighted by atomic mass is 10.2. The fraction of sp³-hybridized carbons (Fsp3) is 0.167. The van der Waals surface area contributed by atoms with E-state index in [0.717, 1.165) is 10.8 Å². The van der Waals surface area contributed by atoms with E-state index in [-0.39, 0.29) is 18.8 Å². The maximum absolute atomic E-state index is 10.9. The third-order valence-electron chi connectivity index (χ3n) is 4.11. The fourth-order valence-electron chi connectivity index (χ4n) is 2.78. The largest absolute Gasteiger partial charge is 0.470 e. The molecule has 0 spiro atoms. The fourth-order valence-corrected chi connectivity index (χ4v) is 3.25. The van der Waals surface area contributed by atoms with Gasteiger partial charge >= 0.3 is 0 Å². The molecule has 0 fully saturated rings. The van der Waals surface area contributed by atoms with Gasteiger partial charge in [-0.3, -0.25) is 9.54 Å². The minimum absolute atomic E-state index is 0.113. The molecule has 0 radical (unpaired) electrons. The standard InChI is InChI=1S/C18H16N6O4S/c25-29(26,27)9-8-13-4-3-5-14(21-13)10-28-18-16-7-2-1-6-15(16)17(22-23-18)24-12-19-11-20-24/h1-7,11-12H,8-10H2,(H,25,26,27). The number of rotatable bonds is 7. The zero-order chi connectivity index (χ0) is 20.3. The molecular formula is C18H16N6O4S. The molecule has 10 nitrogen and oxygen atoms in total. The number of aryl methyl sites for hydroxylation is 1. The Morgan fingerprint density at radius 2 is 1.79 bits per heavy atom. The van der Waals surface area contributed by atoms with Crippen molar-refractivity contribution in [3.05, 3.63) is 66.5 Å². The van der Waals surface area contributed by atoms with Crippen molar-refractivity contribution in [2.24, 2.45) is 0 Å². The summed E-state index contributed by atoms with van der Waals surface area (Å²) in [6.45, 7) is 0.126. The van der Waals surface area contributed by atoms with E-state index in [1.165, 1.54) is 11.0 Å². The minimum Gasteiger partial charge on any atom is -0.470 e. The molecule has 0 aliphatic carbocycles. The number of ether oxygens (including phenoxy) is 1. The smallest absolute Gasteiger partial charge is 0.265 e. The van der Waals surface area contributed by atoms with Crippen LogP contribution in [0.2, 0.25) is 0 Å². The lowest BCUT2D eigenvalue weighted by Crippen LogP contribution is -2.09. The van der Waals surface area contributed by atoms with Crippen molar-refractivity contribution in [3.63, 3.8) is 0 Å². The maximum atomic E-state index is 10.9. The molecule has 11 heteroatoms.